The smallest absolute Gasteiger partial charge is 0.207 e. The molecule has 1 aliphatic carbocycles. The third-order valence-electron chi connectivity index (χ3n) is 2.87. The number of rotatable bonds is 4. The van der Waals surface area contributed by atoms with Crippen LogP contribution in [0.3, 0.4) is 0 Å². The van der Waals surface area contributed by atoms with Crippen LogP contribution in [-0.2, 0) is 10.0 Å². The Morgan fingerprint density at radius 1 is 1.12 bits per heavy atom. The number of nitrogens with one attached hydrogen (secondary N) is 1. The molecule has 0 aromatic heterocycles. The van der Waals surface area contributed by atoms with Crippen molar-refractivity contribution in [1.82, 2.24) is 4.72 Å². The summed E-state index contributed by atoms with van der Waals surface area (Å²) in [5, 5.41) is 0. The average molecular weight is 259 g/mol. The lowest BCUT2D eigenvalue weighted by molar-refractivity contribution is -0.0448. The molecular weight excluding hydrogens is 243 g/mol. The molecule has 1 rings (SSSR count). The highest BCUT2D eigenvalue weighted by Crippen LogP contribution is 2.26. The molecule has 0 aromatic rings. The lowest BCUT2D eigenvalue weighted by Crippen LogP contribution is -2.37. The van der Waals surface area contributed by atoms with Crippen LogP contribution in [0, 0.1) is 5.92 Å². The monoisotopic (exact) mass is 259 g/mol. The summed E-state index contributed by atoms with van der Waals surface area (Å²) in [4.78, 5) is 0. The largest absolute Gasteiger partial charge is 0.511 e. The van der Waals surface area contributed by atoms with Gasteiger partial charge in [-0.05, 0) is 12.3 Å². The van der Waals surface area contributed by atoms with Gasteiger partial charge in [0.1, 0.15) is 0 Å². The van der Waals surface area contributed by atoms with Crippen molar-refractivity contribution in [3.8, 4) is 0 Å². The average Bonchev–Trinajstić information content (AvgIpc) is 2.17. The lowest BCUT2D eigenvalue weighted by atomic mass is 9.87. The van der Waals surface area contributed by atoms with Gasteiger partial charge in [0.2, 0.25) is 0 Å². The van der Waals surface area contributed by atoms with E-state index in [1.807, 2.05) is 0 Å². The van der Waals surface area contributed by atoms with E-state index in [1.165, 1.54) is 6.42 Å². The molecule has 0 aromatic carbocycles. The van der Waals surface area contributed by atoms with Crippen molar-refractivity contribution < 1.29 is 21.6 Å². The second-order valence-electron chi connectivity index (χ2n) is 4.14. The molecule has 0 heterocycles. The van der Waals surface area contributed by atoms with Crippen LogP contribution in [0.25, 0.3) is 0 Å². The highest BCUT2D eigenvalue weighted by atomic mass is 32.2. The number of halogens is 3. The highest BCUT2D eigenvalue weighted by Gasteiger charge is 2.45. The first-order valence-electron chi connectivity index (χ1n) is 5.39. The summed E-state index contributed by atoms with van der Waals surface area (Å²) in [5.74, 6) is 0.365. The molecule has 0 unspecified atom stereocenters. The van der Waals surface area contributed by atoms with Crippen molar-refractivity contribution in [3.63, 3.8) is 0 Å². The minimum atomic E-state index is -5.19. The van der Waals surface area contributed by atoms with Crippen LogP contribution in [0.1, 0.15) is 38.5 Å². The molecule has 0 saturated heterocycles. The van der Waals surface area contributed by atoms with Crippen molar-refractivity contribution in [2.75, 3.05) is 6.54 Å². The van der Waals surface area contributed by atoms with E-state index in [2.05, 4.69) is 0 Å². The zero-order chi connectivity index (χ0) is 12.2. The highest BCUT2D eigenvalue weighted by molar-refractivity contribution is 7.90. The predicted molar refractivity (Wildman–Crippen MR) is 54.2 cm³/mol. The maximum Gasteiger partial charge on any atom is 0.511 e. The van der Waals surface area contributed by atoms with Gasteiger partial charge in [0.15, 0.2) is 0 Å². The van der Waals surface area contributed by atoms with Crippen molar-refractivity contribution in [2.24, 2.45) is 5.92 Å². The van der Waals surface area contributed by atoms with Crippen molar-refractivity contribution >= 4 is 10.0 Å². The second kappa shape index (κ2) is 5.35. The van der Waals surface area contributed by atoms with Crippen LogP contribution in [0.5, 0.6) is 0 Å². The molecule has 0 spiro atoms. The van der Waals surface area contributed by atoms with Crippen molar-refractivity contribution in [1.29, 1.82) is 0 Å². The maximum atomic E-state index is 11.9. The van der Waals surface area contributed by atoms with Crippen LogP contribution in [0.2, 0.25) is 0 Å². The third kappa shape index (κ3) is 3.93. The quantitative estimate of drug-likeness (QED) is 0.842. The standard InChI is InChI=1S/C9H16F3NO2S/c10-9(11,12)16(14,15)13-7-6-8-4-2-1-3-5-8/h8,13H,1-7H2. The molecule has 0 bridgehead atoms. The summed E-state index contributed by atoms with van der Waals surface area (Å²) in [7, 11) is -5.15. The van der Waals surface area contributed by atoms with Crippen molar-refractivity contribution in [3.05, 3.63) is 0 Å². The van der Waals surface area contributed by atoms with Gasteiger partial charge in [0, 0.05) is 6.54 Å². The van der Waals surface area contributed by atoms with Gasteiger partial charge in [0.05, 0.1) is 0 Å². The summed E-state index contributed by atoms with van der Waals surface area (Å²) in [5.41, 5.74) is -5.19. The molecule has 3 nitrogen and oxygen atoms in total. The first-order chi connectivity index (χ1) is 7.33. The summed E-state index contributed by atoms with van der Waals surface area (Å²) in [6.45, 7) is -0.119. The van der Waals surface area contributed by atoms with Gasteiger partial charge >= 0.3 is 15.5 Å². The van der Waals surface area contributed by atoms with E-state index >= 15 is 0 Å². The lowest BCUT2D eigenvalue weighted by Gasteiger charge is -2.21. The van der Waals surface area contributed by atoms with Crippen LogP contribution in [0.15, 0.2) is 0 Å². The zero-order valence-electron chi connectivity index (χ0n) is 8.89. The summed E-state index contributed by atoms with van der Waals surface area (Å²) < 4.78 is 58.8. The molecule has 1 aliphatic rings. The Bertz CT molecular complexity index is 307. The number of hydrogen-bond acceptors (Lipinski definition) is 2. The normalized spacial score (nSPS) is 19.9. The van der Waals surface area contributed by atoms with E-state index in [1.54, 1.807) is 4.72 Å². The number of alkyl halides is 3. The van der Waals surface area contributed by atoms with E-state index in [9.17, 15) is 21.6 Å². The second-order valence-corrected chi connectivity index (χ2v) is 5.89. The Morgan fingerprint density at radius 3 is 2.19 bits per heavy atom. The molecule has 16 heavy (non-hydrogen) atoms. The van der Waals surface area contributed by atoms with Crippen LogP contribution >= 0.6 is 0 Å². The fourth-order valence-electron chi connectivity index (χ4n) is 1.96. The van der Waals surface area contributed by atoms with E-state index < -0.39 is 15.5 Å². The Kier molecular flexibility index (Phi) is 4.61. The summed E-state index contributed by atoms with van der Waals surface area (Å²) in [6.07, 6.45) is 5.84. The van der Waals surface area contributed by atoms with E-state index in [4.69, 9.17) is 0 Å². The third-order valence-corrected chi connectivity index (χ3v) is 4.07. The van der Waals surface area contributed by atoms with Gasteiger partial charge in [-0.15, -0.1) is 0 Å². The molecular formula is C9H16F3NO2S. The first-order valence-corrected chi connectivity index (χ1v) is 6.87. The molecule has 0 radical (unpaired) electrons. The molecule has 0 atom stereocenters. The van der Waals surface area contributed by atoms with Crippen LogP contribution < -0.4 is 4.72 Å². The van der Waals surface area contributed by atoms with E-state index in [0.29, 0.717) is 12.3 Å². The number of sulfonamides is 1. The van der Waals surface area contributed by atoms with Gasteiger partial charge in [-0.1, -0.05) is 32.1 Å². The summed E-state index contributed by atoms with van der Waals surface area (Å²) in [6, 6.07) is 0. The minimum absolute atomic E-state index is 0.119. The topological polar surface area (TPSA) is 46.2 Å². The Hall–Kier alpha value is -0.300. The molecule has 1 saturated carbocycles. The van der Waals surface area contributed by atoms with Gasteiger partial charge < -0.3 is 0 Å². The molecule has 1 fully saturated rings. The predicted octanol–water partition coefficient (Wildman–Crippen LogP) is 2.40. The maximum absolute atomic E-state index is 11.9. The molecule has 7 heteroatoms. The first kappa shape index (κ1) is 13.8. The van der Waals surface area contributed by atoms with Gasteiger partial charge in [-0.3, -0.25) is 0 Å². The van der Waals surface area contributed by atoms with Gasteiger partial charge in [0.25, 0.3) is 0 Å². The minimum Gasteiger partial charge on any atom is -0.207 e. The van der Waals surface area contributed by atoms with Gasteiger partial charge in [-0.2, -0.15) is 13.2 Å². The van der Waals surface area contributed by atoms with E-state index in [-0.39, 0.29) is 6.54 Å². The zero-order valence-corrected chi connectivity index (χ0v) is 9.70. The fourth-order valence-corrected chi connectivity index (χ4v) is 2.51. The molecule has 96 valence electrons. The molecule has 1 N–H and O–H groups in total. The van der Waals surface area contributed by atoms with Crippen molar-refractivity contribution in [2.45, 2.75) is 44.0 Å². The SMILES string of the molecule is O=S(=O)(NCCC1CCCCC1)C(F)(F)F. The Balaban J connectivity index is 2.29. The Morgan fingerprint density at radius 2 is 1.69 bits per heavy atom. The van der Waals surface area contributed by atoms with Gasteiger partial charge in [-0.25, -0.2) is 13.1 Å². The molecule has 0 amide bonds. The van der Waals surface area contributed by atoms with Crippen LogP contribution in [-0.4, -0.2) is 20.5 Å². The molecule has 0 aliphatic heterocycles. The van der Waals surface area contributed by atoms with E-state index in [0.717, 1.165) is 25.7 Å². The number of hydrogen-bond donors (Lipinski definition) is 1. The Labute approximate surface area is 93.5 Å². The van der Waals surface area contributed by atoms with Crippen LogP contribution in [0.4, 0.5) is 13.2 Å². The summed E-state index contributed by atoms with van der Waals surface area (Å²) >= 11 is 0. The fraction of sp³-hybridized carbons (Fsp3) is 1.00.